The quantitative estimate of drug-likeness (QED) is 0.850. The second-order valence-corrected chi connectivity index (χ2v) is 4.87. The molecule has 1 atom stereocenters. The molecule has 0 saturated carbocycles. The van der Waals surface area contributed by atoms with Gasteiger partial charge >= 0.3 is 0 Å². The van der Waals surface area contributed by atoms with Gasteiger partial charge in [0.15, 0.2) is 0 Å². The molecule has 0 bridgehead atoms. The van der Waals surface area contributed by atoms with E-state index >= 15 is 0 Å². The highest BCUT2D eigenvalue weighted by Gasteiger charge is 2.15. The largest absolute Gasteiger partial charge is 0.348 e. The predicted octanol–water partition coefficient (Wildman–Crippen LogP) is 0.908. The molecule has 5 heteroatoms. The van der Waals surface area contributed by atoms with Gasteiger partial charge < -0.3 is 10.6 Å². The Balaban J connectivity index is 1.82. The van der Waals surface area contributed by atoms with Crippen LogP contribution in [-0.2, 0) is 4.79 Å². The Bertz CT molecular complexity index is 415. The molecule has 1 aliphatic heterocycles. The molecule has 0 spiro atoms. The topological polar surface area (TPSA) is 44.4 Å². The lowest BCUT2D eigenvalue weighted by Gasteiger charge is -2.27. The fourth-order valence-electron chi connectivity index (χ4n) is 2.19. The number of nitrogens with one attached hydrogen (secondary N) is 2. The molecule has 2 rings (SSSR count). The second-order valence-electron chi connectivity index (χ2n) is 4.87. The zero-order chi connectivity index (χ0) is 13.7. The average Bonchev–Trinajstić information content (AvgIpc) is 2.40. The maximum Gasteiger partial charge on any atom is 0.234 e. The molecule has 1 aliphatic rings. The number of hydrogen-bond acceptors (Lipinski definition) is 3. The van der Waals surface area contributed by atoms with Crippen LogP contribution in [0.5, 0.6) is 0 Å². The molecule has 19 heavy (non-hydrogen) atoms. The van der Waals surface area contributed by atoms with Crippen molar-refractivity contribution in [3.8, 4) is 0 Å². The minimum Gasteiger partial charge on any atom is -0.348 e. The third kappa shape index (κ3) is 4.29. The first kappa shape index (κ1) is 14.0. The Morgan fingerprint density at radius 3 is 2.63 bits per heavy atom. The van der Waals surface area contributed by atoms with E-state index in [2.05, 4.69) is 15.5 Å². The summed E-state index contributed by atoms with van der Waals surface area (Å²) in [5.41, 5.74) is 0.912. The van der Waals surface area contributed by atoms with Gasteiger partial charge in [0.1, 0.15) is 5.82 Å². The van der Waals surface area contributed by atoms with Crippen molar-refractivity contribution in [2.75, 3.05) is 32.7 Å². The van der Waals surface area contributed by atoms with Crippen molar-refractivity contribution in [3.63, 3.8) is 0 Å². The zero-order valence-corrected chi connectivity index (χ0v) is 11.2. The molecule has 1 aromatic carbocycles. The van der Waals surface area contributed by atoms with E-state index in [1.54, 1.807) is 12.1 Å². The lowest BCUT2D eigenvalue weighted by Crippen LogP contribution is -2.47. The molecular weight excluding hydrogens is 245 g/mol. The van der Waals surface area contributed by atoms with Crippen molar-refractivity contribution in [3.05, 3.63) is 35.6 Å². The number of amides is 1. The molecule has 0 unspecified atom stereocenters. The van der Waals surface area contributed by atoms with Crippen molar-refractivity contribution < 1.29 is 9.18 Å². The minimum absolute atomic E-state index is 0.0127. The monoisotopic (exact) mass is 265 g/mol. The van der Waals surface area contributed by atoms with Gasteiger partial charge in [0.25, 0.3) is 0 Å². The average molecular weight is 265 g/mol. The van der Waals surface area contributed by atoms with Crippen LogP contribution in [0.2, 0.25) is 0 Å². The summed E-state index contributed by atoms with van der Waals surface area (Å²) in [5, 5.41) is 6.19. The van der Waals surface area contributed by atoms with E-state index in [0.717, 1.165) is 31.7 Å². The second kappa shape index (κ2) is 6.63. The first-order valence-electron chi connectivity index (χ1n) is 6.63. The van der Waals surface area contributed by atoms with Crippen LogP contribution in [0.1, 0.15) is 18.5 Å². The molecule has 2 N–H and O–H groups in total. The summed E-state index contributed by atoms with van der Waals surface area (Å²) in [6.45, 7) is 5.99. The number of nitrogens with zero attached hydrogens (tertiary/aromatic N) is 1. The summed E-state index contributed by atoms with van der Waals surface area (Å²) in [6.07, 6.45) is 0. The summed E-state index contributed by atoms with van der Waals surface area (Å²) < 4.78 is 12.8. The summed E-state index contributed by atoms with van der Waals surface area (Å²) in [7, 11) is 0. The summed E-state index contributed by atoms with van der Waals surface area (Å²) in [4.78, 5) is 14.0. The molecule has 0 aromatic heterocycles. The van der Waals surface area contributed by atoms with E-state index in [4.69, 9.17) is 0 Å². The van der Waals surface area contributed by atoms with Crippen LogP contribution in [0.15, 0.2) is 24.3 Å². The standard InChI is InChI=1S/C14H20FN3O/c1-11(12-2-4-13(15)5-3-12)17-14(19)10-18-8-6-16-7-9-18/h2-5,11,16H,6-10H2,1H3,(H,17,19)/t11-/m1/s1. The van der Waals surface area contributed by atoms with E-state index in [1.165, 1.54) is 12.1 Å². The van der Waals surface area contributed by atoms with Crippen LogP contribution in [-0.4, -0.2) is 43.5 Å². The minimum atomic E-state index is -0.261. The van der Waals surface area contributed by atoms with Gasteiger partial charge in [-0.2, -0.15) is 0 Å². The molecule has 1 aromatic rings. The number of rotatable bonds is 4. The van der Waals surface area contributed by atoms with Crippen molar-refractivity contribution in [1.29, 1.82) is 0 Å². The van der Waals surface area contributed by atoms with Gasteiger partial charge in [-0.15, -0.1) is 0 Å². The molecular formula is C14H20FN3O. The highest BCUT2D eigenvalue weighted by atomic mass is 19.1. The van der Waals surface area contributed by atoms with E-state index < -0.39 is 0 Å². The molecule has 0 radical (unpaired) electrons. The van der Waals surface area contributed by atoms with E-state index in [1.807, 2.05) is 6.92 Å². The van der Waals surface area contributed by atoms with E-state index in [9.17, 15) is 9.18 Å². The van der Waals surface area contributed by atoms with Crippen LogP contribution < -0.4 is 10.6 Å². The maximum absolute atomic E-state index is 12.8. The lowest BCUT2D eigenvalue weighted by atomic mass is 10.1. The summed E-state index contributed by atoms with van der Waals surface area (Å²) >= 11 is 0. The molecule has 4 nitrogen and oxygen atoms in total. The molecule has 1 saturated heterocycles. The fourth-order valence-corrected chi connectivity index (χ4v) is 2.19. The lowest BCUT2D eigenvalue weighted by molar-refractivity contribution is -0.123. The number of piperazine rings is 1. The Kier molecular flexibility index (Phi) is 4.87. The van der Waals surface area contributed by atoms with E-state index in [0.29, 0.717) is 6.54 Å². The van der Waals surface area contributed by atoms with Crippen molar-refractivity contribution in [1.82, 2.24) is 15.5 Å². The first-order chi connectivity index (χ1) is 9.15. The number of benzene rings is 1. The Hall–Kier alpha value is -1.46. The van der Waals surface area contributed by atoms with Gasteiger partial charge in [0.05, 0.1) is 12.6 Å². The number of carbonyl (C=O) groups is 1. The smallest absolute Gasteiger partial charge is 0.234 e. The summed E-state index contributed by atoms with van der Waals surface area (Å²) in [6, 6.07) is 6.12. The highest BCUT2D eigenvalue weighted by molar-refractivity contribution is 5.78. The van der Waals surface area contributed by atoms with Crippen LogP contribution in [0.25, 0.3) is 0 Å². The van der Waals surface area contributed by atoms with Crippen LogP contribution >= 0.6 is 0 Å². The van der Waals surface area contributed by atoms with Crippen LogP contribution in [0.4, 0.5) is 4.39 Å². The Labute approximate surface area is 113 Å². The normalized spacial score (nSPS) is 18.0. The van der Waals surface area contributed by atoms with Crippen molar-refractivity contribution >= 4 is 5.91 Å². The zero-order valence-electron chi connectivity index (χ0n) is 11.2. The van der Waals surface area contributed by atoms with Gasteiger partial charge in [0.2, 0.25) is 5.91 Å². The number of halogens is 1. The molecule has 1 heterocycles. The van der Waals surface area contributed by atoms with Gasteiger partial charge in [-0.1, -0.05) is 12.1 Å². The van der Waals surface area contributed by atoms with Crippen molar-refractivity contribution in [2.45, 2.75) is 13.0 Å². The van der Waals surface area contributed by atoms with E-state index in [-0.39, 0.29) is 17.8 Å². The van der Waals surface area contributed by atoms with Gasteiger partial charge in [-0.3, -0.25) is 9.69 Å². The highest BCUT2D eigenvalue weighted by Crippen LogP contribution is 2.12. The molecule has 1 fully saturated rings. The SMILES string of the molecule is C[C@@H](NC(=O)CN1CCNCC1)c1ccc(F)cc1. The number of hydrogen-bond donors (Lipinski definition) is 2. The molecule has 0 aliphatic carbocycles. The first-order valence-corrected chi connectivity index (χ1v) is 6.63. The maximum atomic E-state index is 12.8. The number of carbonyl (C=O) groups excluding carboxylic acids is 1. The Morgan fingerprint density at radius 2 is 2.00 bits per heavy atom. The van der Waals surface area contributed by atoms with Crippen LogP contribution in [0, 0.1) is 5.82 Å². The van der Waals surface area contributed by atoms with Gasteiger partial charge in [0, 0.05) is 26.2 Å². The molecule has 104 valence electrons. The van der Waals surface area contributed by atoms with Gasteiger partial charge in [-0.05, 0) is 24.6 Å². The third-order valence-electron chi connectivity index (χ3n) is 3.32. The van der Waals surface area contributed by atoms with Gasteiger partial charge in [-0.25, -0.2) is 4.39 Å². The summed E-state index contributed by atoms with van der Waals surface area (Å²) in [5.74, 6) is -0.248. The molecule has 1 amide bonds. The van der Waals surface area contributed by atoms with Crippen LogP contribution in [0.3, 0.4) is 0 Å². The van der Waals surface area contributed by atoms with Crippen molar-refractivity contribution in [2.24, 2.45) is 0 Å². The predicted molar refractivity (Wildman–Crippen MR) is 72.3 cm³/mol. The fraction of sp³-hybridized carbons (Fsp3) is 0.500. The third-order valence-corrected chi connectivity index (χ3v) is 3.32. The Morgan fingerprint density at radius 1 is 1.37 bits per heavy atom.